The number of piperidine rings is 1. The number of aromatic nitrogens is 2. The molecule has 2 rings (SSSR count). The summed E-state index contributed by atoms with van der Waals surface area (Å²) in [5, 5.41) is 3.33. The Balaban J connectivity index is 0.00000264. The number of imidazole rings is 1. The molecule has 0 atom stereocenters. The summed E-state index contributed by atoms with van der Waals surface area (Å²) in [4.78, 5) is 22.5. The zero-order valence-electron chi connectivity index (χ0n) is 13.8. The number of methoxy groups -OCH3 is 1. The quantitative estimate of drug-likeness (QED) is 0.327. The van der Waals surface area contributed by atoms with Gasteiger partial charge in [-0.2, -0.15) is 0 Å². The Bertz CT molecular complexity index is 484. The van der Waals surface area contributed by atoms with Gasteiger partial charge in [0.1, 0.15) is 0 Å². The molecule has 1 saturated heterocycles. The van der Waals surface area contributed by atoms with Gasteiger partial charge in [-0.05, 0) is 19.8 Å². The number of ether oxygens (including phenoxy) is 1. The third kappa shape index (κ3) is 6.00. The van der Waals surface area contributed by atoms with Crippen LogP contribution in [0.4, 0.5) is 0 Å². The van der Waals surface area contributed by atoms with Crippen LogP contribution in [0.25, 0.3) is 0 Å². The van der Waals surface area contributed by atoms with Crippen LogP contribution < -0.4 is 5.32 Å². The highest BCUT2D eigenvalue weighted by Gasteiger charge is 2.26. The largest absolute Gasteiger partial charge is 0.469 e. The molecule has 0 saturated carbocycles. The number of carbonyl (C=O) groups excluding carboxylic acids is 1. The minimum Gasteiger partial charge on any atom is -0.469 e. The lowest BCUT2D eigenvalue weighted by molar-refractivity contribution is -0.146. The van der Waals surface area contributed by atoms with Crippen LogP contribution in [0.1, 0.15) is 19.8 Å². The van der Waals surface area contributed by atoms with Gasteiger partial charge >= 0.3 is 5.97 Å². The first-order valence-corrected chi connectivity index (χ1v) is 7.81. The van der Waals surface area contributed by atoms with Gasteiger partial charge in [0, 0.05) is 38.6 Å². The highest BCUT2D eigenvalue weighted by molar-refractivity contribution is 14.0. The molecule has 2 heterocycles. The van der Waals surface area contributed by atoms with Crippen LogP contribution in [0.3, 0.4) is 0 Å². The summed E-state index contributed by atoms with van der Waals surface area (Å²) in [7, 11) is 1.45. The number of nitrogens with one attached hydrogen (secondary N) is 1. The lowest BCUT2D eigenvalue weighted by Crippen LogP contribution is -2.46. The molecule has 1 fully saturated rings. The van der Waals surface area contributed by atoms with Crippen LogP contribution in [0.2, 0.25) is 0 Å². The number of hydrogen-bond acceptors (Lipinski definition) is 4. The first kappa shape index (κ1) is 19.7. The molecular formula is C15H26IN5O2. The molecule has 8 heteroatoms. The first-order valence-electron chi connectivity index (χ1n) is 7.81. The monoisotopic (exact) mass is 435 g/mol. The van der Waals surface area contributed by atoms with Crippen molar-refractivity contribution in [3.05, 3.63) is 18.7 Å². The second kappa shape index (κ2) is 10.5. The zero-order chi connectivity index (χ0) is 15.8. The van der Waals surface area contributed by atoms with Gasteiger partial charge in [-0.3, -0.25) is 9.79 Å². The fourth-order valence-corrected chi connectivity index (χ4v) is 2.61. The standard InChI is InChI=1S/C15H25N5O2.HI/c1-3-17-15(18-7-11-19-10-6-16-12-19)20-8-4-13(5-9-20)14(21)22-2;/h6,10,12-13H,3-5,7-9,11H2,1-2H3,(H,17,18);1H. The number of aliphatic imine (C=N–C) groups is 1. The molecule has 1 aromatic rings. The van der Waals surface area contributed by atoms with Gasteiger partial charge in [-0.1, -0.05) is 0 Å². The predicted octanol–water partition coefficient (Wildman–Crippen LogP) is 1.35. The summed E-state index contributed by atoms with van der Waals surface area (Å²) >= 11 is 0. The molecule has 23 heavy (non-hydrogen) atoms. The number of halogens is 1. The highest BCUT2D eigenvalue weighted by Crippen LogP contribution is 2.18. The fraction of sp³-hybridized carbons (Fsp3) is 0.667. The molecule has 1 N–H and O–H groups in total. The molecule has 0 aromatic carbocycles. The van der Waals surface area contributed by atoms with Crippen molar-refractivity contribution in [2.75, 3.05) is 33.3 Å². The Morgan fingerprint density at radius 3 is 2.74 bits per heavy atom. The van der Waals surface area contributed by atoms with Crippen molar-refractivity contribution >= 4 is 35.9 Å². The number of likely N-dealkylation sites (tertiary alicyclic amines) is 1. The molecule has 1 aromatic heterocycles. The smallest absolute Gasteiger partial charge is 0.308 e. The van der Waals surface area contributed by atoms with Crippen LogP contribution in [-0.2, 0) is 16.1 Å². The molecule has 1 aliphatic rings. The molecule has 0 unspecified atom stereocenters. The molecule has 1 aliphatic heterocycles. The van der Waals surface area contributed by atoms with E-state index in [1.54, 1.807) is 12.5 Å². The molecule has 0 spiro atoms. The van der Waals surface area contributed by atoms with Crippen LogP contribution in [0.15, 0.2) is 23.7 Å². The van der Waals surface area contributed by atoms with Crippen LogP contribution in [0.5, 0.6) is 0 Å². The van der Waals surface area contributed by atoms with Crippen molar-refractivity contribution in [2.24, 2.45) is 10.9 Å². The summed E-state index contributed by atoms with van der Waals surface area (Å²) in [5.41, 5.74) is 0. The number of hydrogen-bond donors (Lipinski definition) is 1. The average Bonchev–Trinajstić information content (AvgIpc) is 3.07. The van der Waals surface area contributed by atoms with Crippen molar-refractivity contribution in [1.29, 1.82) is 0 Å². The molecule has 0 bridgehead atoms. The van der Waals surface area contributed by atoms with E-state index in [0.717, 1.165) is 45.0 Å². The minimum absolute atomic E-state index is 0. The Labute approximate surface area is 154 Å². The van der Waals surface area contributed by atoms with Gasteiger partial charge in [-0.25, -0.2) is 4.98 Å². The number of carbonyl (C=O) groups is 1. The van der Waals surface area contributed by atoms with Crippen molar-refractivity contribution in [2.45, 2.75) is 26.3 Å². The van der Waals surface area contributed by atoms with Gasteiger partial charge in [0.15, 0.2) is 5.96 Å². The van der Waals surface area contributed by atoms with Crippen LogP contribution in [0, 0.1) is 5.92 Å². The molecule has 0 amide bonds. The number of rotatable bonds is 5. The van der Waals surface area contributed by atoms with Gasteiger partial charge in [0.05, 0.1) is 25.9 Å². The van der Waals surface area contributed by atoms with E-state index in [-0.39, 0.29) is 35.9 Å². The average molecular weight is 435 g/mol. The maximum atomic E-state index is 11.6. The summed E-state index contributed by atoms with van der Waals surface area (Å²) < 4.78 is 6.84. The summed E-state index contributed by atoms with van der Waals surface area (Å²) in [5.74, 6) is 0.850. The molecule has 7 nitrogen and oxygen atoms in total. The topological polar surface area (TPSA) is 71.8 Å². The van der Waals surface area contributed by atoms with E-state index in [1.807, 2.05) is 10.8 Å². The van der Waals surface area contributed by atoms with E-state index < -0.39 is 0 Å². The van der Waals surface area contributed by atoms with E-state index in [4.69, 9.17) is 4.74 Å². The van der Waals surface area contributed by atoms with E-state index in [9.17, 15) is 4.79 Å². The van der Waals surface area contributed by atoms with Crippen molar-refractivity contribution < 1.29 is 9.53 Å². The normalized spacial score (nSPS) is 15.9. The van der Waals surface area contributed by atoms with Gasteiger partial charge < -0.3 is 19.5 Å². The Hall–Kier alpha value is -1.32. The molecular weight excluding hydrogens is 409 g/mol. The third-order valence-electron chi connectivity index (χ3n) is 3.84. The summed E-state index contributed by atoms with van der Waals surface area (Å²) in [6.45, 7) is 6.07. The second-order valence-electron chi connectivity index (χ2n) is 5.32. The van der Waals surface area contributed by atoms with E-state index in [1.165, 1.54) is 7.11 Å². The van der Waals surface area contributed by atoms with Gasteiger partial charge in [0.25, 0.3) is 0 Å². The Kier molecular flexibility index (Phi) is 8.97. The molecule has 0 aliphatic carbocycles. The lowest BCUT2D eigenvalue weighted by Gasteiger charge is -2.33. The van der Waals surface area contributed by atoms with Crippen molar-refractivity contribution in [3.63, 3.8) is 0 Å². The first-order chi connectivity index (χ1) is 10.7. The van der Waals surface area contributed by atoms with E-state index in [2.05, 4.69) is 27.1 Å². The summed E-state index contributed by atoms with van der Waals surface area (Å²) in [6.07, 6.45) is 7.14. The second-order valence-corrected chi connectivity index (χ2v) is 5.32. The predicted molar refractivity (Wildman–Crippen MR) is 99.9 cm³/mol. The fourth-order valence-electron chi connectivity index (χ4n) is 2.61. The van der Waals surface area contributed by atoms with Crippen LogP contribution >= 0.6 is 24.0 Å². The maximum absolute atomic E-state index is 11.6. The minimum atomic E-state index is -0.0957. The molecule has 130 valence electrons. The van der Waals surface area contributed by atoms with E-state index >= 15 is 0 Å². The van der Waals surface area contributed by atoms with Crippen molar-refractivity contribution in [1.82, 2.24) is 19.8 Å². The third-order valence-corrected chi connectivity index (χ3v) is 3.84. The lowest BCUT2D eigenvalue weighted by atomic mass is 9.97. The van der Waals surface area contributed by atoms with Gasteiger partial charge in [0.2, 0.25) is 0 Å². The van der Waals surface area contributed by atoms with Crippen molar-refractivity contribution in [3.8, 4) is 0 Å². The highest BCUT2D eigenvalue weighted by atomic mass is 127. The summed E-state index contributed by atoms with van der Waals surface area (Å²) in [6, 6.07) is 0. The number of esters is 1. The van der Waals surface area contributed by atoms with Gasteiger partial charge in [-0.15, -0.1) is 24.0 Å². The maximum Gasteiger partial charge on any atom is 0.308 e. The SMILES string of the molecule is CCNC(=NCCn1ccnc1)N1CCC(C(=O)OC)CC1.I. The Morgan fingerprint density at radius 2 is 2.17 bits per heavy atom. The number of nitrogens with zero attached hydrogens (tertiary/aromatic N) is 4. The Morgan fingerprint density at radius 1 is 1.43 bits per heavy atom. The molecule has 0 radical (unpaired) electrons. The van der Waals surface area contributed by atoms with Crippen LogP contribution in [-0.4, -0.2) is 59.7 Å². The van der Waals surface area contributed by atoms with E-state index in [0.29, 0.717) is 6.54 Å². The number of guanidine groups is 1. The zero-order valence-corrected chi connectivity index (χ0v) is 16.1.